The van der Waals surface area contributed by atoms with Crippen molar-refractivity contribution in [3.05, 3.63) is 11.3 Å². The van der Waals surface area contributed by atoms with Gasteiger partial charge in [0.25, 0.3) is 5.91 Å². The van der Waals surface area contributed by atoms with Gasteiger partial charge < -0.3 is 11.1 Å². The van der Waals surface area contributed by atoms with Crippen LogP contribution in [0.1, 0.15) is 28.9 Å². The molecule has 4 N–H and O–H groups in total. The van der Waals surface area contributed by atoms with Crippen LogP contribution in [0.15, 0.2) is 0 Å². The van der Waals surface area contributed by atoms with Crippen LogP contribution in [0.3, 0.4) is 0 Å². The van der Waals surface area contributed by atoms with Gasteiger partial charge in [0, 0.05) is 34.0 Å². The Bertz CT molecular complexity index is 428. The molecule has 7 heteroatoms. The molecule has 1 saturated heterocycles. The Balaban J connectivity index is 2.00. The van der Waals surface area contributed by atoms with E-state index in [0.29, 0.717) is 22.8 Å². The number of carbonyl (C=O) groups is 1. The number of nitrogens with one attached hydrogen (secondary N) is 2. The second-order valence-electron chi connectivity index (χ2n) is 4.20. The van der Waals surface area contributed by atoms with Crippen molar-refractivity contribution >= 4 is 22.5 Å². The Morgan fingerprint density at radius 1 is 1.53 bits per heavy atom. The maximum absolute atomic E-state index is 12.0. The third-order valence-corrected chi connectivity index (χ3v) is 4.31. The molecular weight excluding hydrogens is 240 g/mol. The molecule has 1 amide bonds. The summed E-state index contributed by atoms with van der Waals surface area (Å²) in [5, 5.41) is 9.37. The molecule has 0 unspecified atom stereocenters. The molecule has 0 saturated carbocycles. The van der Waals surface area contributed by atoms with Crippen molar-refractivity contribution in [3.8, 4) is 0 Å². The van der Waals surface area contributed by atoms with Crippen molar-refractivity contribution in [1.29, 1.82) is 0 Å². The lowest BCUT2D eigenvalue weighted by Crippen LogP contribution is -2.39. The molecule has 1 aromatic rings. The summed E-state index contributed by atoms with van der Waals surface area (Å²) in [6.07, 6.45) is 1.52. The summed E-state index contributed by atoms with van der Waals surface area (Å²) in [6.45, 7) is 1.76. The van der Waals surface area contributed by atoms with Crippen LogP contribution in [-0.2, 0) is 10.8 Å². The van der Waals surface area contributed by atoms with Gasteiger partial charge in [-0.3, -0.25) is 14.1 Å². The first-order valence-corrected chi connectivity index (χ1v) is 7.03. The zero-order chi connectivity index (χ0) is 12.4. The SMILES string of the molecule is Cc1[nH]nc(N)c1C(=O)NC1CCS(=O)CC1. The van der Waals surface area contributed by atoms with E-state index in [-0.39, 0.29) is 17.8 Å². The van der Waals surface area contributed by atoms with Crippen LogP contribution >= 0.6 is 0 Å². The highest BCUT2D eigenvalue weighted by Gasteiger charge is 2.22. The minimum absolute atomic E-state index is 0.0916. The molecule has 0 atom stereocenters. The first-order chi connectivity index (χ1) is 8.08. The van der Waals surface area contributed by atoms with E-state index in [9.17, 15) is 9.00 Å². The molecule has 1 aliphatic rings. The quantitative estimate of drug-likeness (QED) is 0.690. The molecule has 0 aromatic carbocycles. The van der Waals surface area contributed by atoms with Gasteiger partial charge in [0.1, 0.15) is 5.56 Å². The smallest absolute Gasteiger partial charge is 0.257 e. The van der Waals surface area contributed by atoms with Crippen LogP contribution in [-0.4, -0.2) is 37.9 Å². The fraction of sp³-hybridized carbons (Fsp3) is 0.600. The van der Waals surface area contributed by atoms with Gasteiger partial charge in [0.05, 0.1) is 0 Å². The zero-order valence-electron chi connectivity index (χ0n) is 9.66. The summed E-state index contributed by atoms with van der Waals surface area (Å²) < 4.78 is 11.2. The molecular formula is C10H16N4O2S. The molecule has 0 bridgehead atoms. The average molecular weight is 256 g/mol. The first-order valence-electron chi connectivity index (χ1n) is 5.54. The molecule has 6 nitrogen and oxygen atoms in total. The second-order valence-corrected chi connectivity index (χ2v) is 5.90. The number of H-pyrrole nitrogens is 1. The van der Waals surface area contributed by atoms with Crippen molar-refractivity contribution in [1.82, 2.24) is 15.5 Å². The first kappa shape index (κ1) is 12.1. The Morgan fingerprint density at radius 2 is 2.18 bits per heavy atom. The third kappa shape index (κ3) is 2.66. The molecule has 0 aliphatic carbocycles. The molecule has 1 fully saturated rings. The second kappa shape index (κ2) is 4.87. The number of rotatable bonds is 2. The van der Waals surface area contributed by atoms with E-state index < -0.39 is 10.8 Å². The average Bonchev–Trinajstić information content (AvgIpc) is 2.62. The number of aromatic amines is 1. The zero-order valence-corrected chi connectivity index (χ0v) is 10.5. The number of amides is 1. The maximum atomic E-state index is 12.0. The highest BCUT2D eigenvalue weighted by molar-refractivity contribution is 7.85. The van der Waals surface area contributed by atoms with E-state index in [0.717, 1.165) is 12.8 Å². The van der Waals surface area contributed by atoms with Crippen LogP contribution in [0.5, 0.6) is 0 Å². The number of aromatic nitrogens is 2. The van der Waals surface area contributed by atoms with Gasteiger partial charge >= 0.3 is 0 Å². The molecule has 1 aromatic heterocycles. The van der Waals surface area contributed by atoms with E-state index in [1.807, 2.05) is 0 Å². The lowest BCUT2D eigenvalue weighted by molar-refractivity contribution is 0.0935. The highest BCUT2D eigenvalue weighted by atomic mass is 32.2. The minimum Gasteiger partial charge on any atom is -0.382 e. The molecule has 0 radical (unpaired) electrons. The van der Waals surface area contributed by atoms with Crippen LogP contribution in [0.2, 0.25) is 0 Å². The molecule has 2 heterocycles. The molecule has 1 aliphatic heterocycles. The molecule has 0 spiro atoms. The largest absolute Gasteiger partial charge is 0.382 e. The van der Waals surface area contributed by atoms with Crippen molar-refractivity contribution in [3.63, 3.8) is 0 Å². The van der Waals surface area contributed by atoms with E-state index in [1.54, 1.807) is 6.92 Å². The highest BCUT2D eigenvalue weighted by Crippen LogP contribution is 2.14. The number of nitrogen functional groups attached to an aromatic ring is 1. The van der Waals surface area contributed by atoms with E-state index in [4.69, 9.17) is 5.73 Å². The standard InChI is InChI=1S/C10H16N4O2S/c1-6-8(9(11)14-13-6)10(15)12-7-2-4-17(16)5-3-7/h7H,2-5H2,1H3,(H,12,15)(H3,11,13,14). The van der Waals surface area contributed by atoms with Gasteiger partial charge in [-0.15, -0.1) is 0 Å². The Labute approximate surface area is 102 Å². The van der Waals surface area contributed by atoms with Crippen LogP contribution in [0.25, 0.3) is 0 Å². The van der Waals surface area contributed by atoms with Crippen molar-refractivity contribution < 1.29 is 9.00 Å². The van der Waals surface area contributed by atoms with Gasteiger partial charge in [0.15, 0.2) is 5.82 Å². The summed E-state index contributed by atoms with van der Waals surface area (Å²) >= 11 is 0. The van der Waals surface area contributed by atoms with Crippen molar-refractivity contribution in [2.75, 3.05) is 17.2 Å². The third-order valence-electron chi connectivity index (χ3n) is 2.93. The van der Waals surface area contributed by atoms with E-state index in [1.165, 1.54) is 0 Å². The predicted octanol–water partition coefficient (Wildman–Crippen LogP) is -0.0588. The predicted molar refractivity (Wildman–Crippen MR) is 66.1 cm³/mol. The van der Waals surface area contributed by atoms with Crippen molar-refractivity contribution in [2.24, 2.45) is 0 Å². The molecule has 17 heavy (non-hydrogen) atoms. The van der Waals surface area contributed by atoms with Crippen LogP contribution < -0.4 is 11.1 Å². The Morgan fingerprint density at radius 3 is 2.71 bits per heavy atom. The van der Waals surface area contributed by atoms with E-state index in [2.05, 4.69) is 15.5 Å². The van der Waals surface area contributed by atoms with Crippen molar-refractivity contribution in [2.45, 2.75) is 25.8 Å². The number of carbonyl (C=O) groups excluding carboxylic acids is 1. The van der Waals surface area contributed by atoms with Gasteiger partial charge in [-0.1, -0.05) is 0 Å². The van der Waals surface area contributed by atoms with Gasteiger partial charge in [-0.2, -0.15) is 5.10 Å². The number of hydrogen-bond donors (Lipinski definition) is 3. The Hall–Kier alpha value is -1.37. The minimum atomic E-state index is -0.716. The van der Waals surface area contributed by atoms with Crippen LogP contribution in [0.4, 0.5) is 5.82 Å². The summed E-state index contributed by atoms with van der Waals surface area (Å²) in [5.41, 5.74) is 6.70. The van der Waals surface area contributed by atoms with Crippen LogP contribution in [0, 0.1) is 6.92 Å². The monoisotopic (exact) mass is 256 g/mol. The fourth-order valence-electron chi connectivity index (χ4n) is 1.93. The number of anilines is 1. The lowest BCUT2D eigenvalue weighted by atomic mass is 10.1. The fourth-order valence-corrected chi connectivity index (χ4v) is 3.23. The summed E-state index contributed by atoms with van der Waals surface area (Å²) in [4.78, 5) is 12.0. The topological polar surface area (TPSA) is 101 Å². The lowest BCUT2D eigenvalue weighted by Gasteiger charge is -2.22. The van der Waals surface area contributed by atoms with E-state index >= 15 is 0 Å². The number of nitrogens with zero attached hydrogens (tertiary/aromatic N) is 1. The maximum Gasteiger partial charge on any atom is 0.257 e. The number of hydrogen-bond acceptors (Lipinski definition) is 4. The Kier molecular flexibility index (Phi) is 3.46. The number of aryl methyl sites for hydroxylation is 1. The van der Waals surface area contributed by atoms with Gasteiger partial charge in [0.2, 0.25) is 0 Å². The summed E-state index contributed by atoms with van der Waals surface area (Å²) in [6, 6.07) is 0.0916. The normalized spacial score (nSPS) is 24.5. The molecule has 2 rings (SSSR count). The van der Waals surface area contributed by atoms with Gasteiger partial charge in [-0.05, 0) is 19.8 Å². The summed E-state index contributed by atoms with van der Waals surface area (Å²) in [7, 11) is -0.716. The van der Waals surface area contributed by atoms with Gasteiger partial charge in [-0.25, -0.2) is 0 Å². The summed E-state index contributed by atoms with van der Waals surface area (Å²) in [5.74, 6) is 1.33. The molecule has 94 valence electrons. The number of nitrogens with two attached hydrogens (primary N) is 1.